The molecule has 0 aliphatic carbocycles. The summed E-state index contributed by atoms with van der Waals surface area (Å²) in [5, 5.41) is 3.23. The topological polar surface area (TPSA) is 41.0 Å². The maximum Gasteiger partial charge on any atom is 0.132 e. The van der Waals surface area contributed by atoms with Crippen LogP contribution < -0.4 is 10.2 Å². The summed E-state index contributed by atoms with van der Waals surface area (Å²) < 4.78 is 12.9. The quantitative estimate of drug-likeness (QED) is 0.909. The highest BCUT2D eigenvalue weighted by Gasteiger charge is 2.26. The first-order valence-corrected chi connectivity index (χ1v) is 6.26. The molecule has 1 aromatic heterocycles. The molecule has 3 rings (SSSR count). The zero-order chi connectivity index (χ0) is 13.2. The first kappa shape index (κ1) is 12.0. The average Bonchev–Trinajstić information content (AvgIpc) is 2.39. The molecular formula is C14H15FN4. The van der Waals surface area contributed by atoms with Crippen molar-refractivity contribution in [3.63, 3.8) is 0 Å². The monoisotopic (exact) mass is 258 g/mol. The van der Waals surface area contributed by atoms with Crippen LogP contribution in [-0.4, -0.2) is 36.1 Å². The number of aromatic nitrogens is 2. The Balaban J connectivity index is 1.82. The number of anilines is 1. The zero-order valence-corrected chi connectivity index (χ0v) is 10.7. The number of rotatable bonds is 3. The fourth-order valence-corrected chi connectivity index (χ4v) is 2.15. The van der Waals surface area contributed by atoms with Crippen LogP contribution in [0.5, 0.6) is 0 Å². The highest BCUT2D eigenvalue weighted by Crippen LogP contribution is 2.23. The summed E-state index contributed by atoms with van der Waals surface area (Å²) in [7, 11) is 1.96. The van der Waals surface area contributed by atoms with Crippen molar-refractivity contribution in [2.75, 3.05) is 25.0 Å². The van der Waals surface area contributed by atoms with Gasteiger partial charge in [0.2, 0.25) is 0 Å². The molecule has 1 N–H and O–H groups in total. The highest BCUT2D eigenvalue weighted by atomic mass is 19.1. The van der Waals surface area contributed by atoms with Crippen molar-refractivity contribution in [1.29, 1.82) is 0 Å². The Morgan fingerprint density at radius 2 is 1.95 bits per heavy atom. The second-order valence-electron chi connectivity index (χ2n) is 4.66. The normalized spacial score (nSPS) is 15.4. The molecule has 0 unspecified atom stereocenters. The van der Waals surface area contributed by atoms with E-state index < -0.39 is 0 Å². The molecule has 1 fully saturated rings. The lowest BCUT2D eigenvalue weighted by atomic mass is 10.1. The molecule has 0 amide bonds. The number of hydrogen-bond acceptors (Lipinski definition) is 4. The van der Waals surface area contributed by atoms with Crippen LogP contribution in [0.2, 0.25) is 0 Å². The number of hydrogen-bond donors (Lipinski definition) is 1. The lowest BCUT2D eigenvalue weighted by Gasteiger charge is -2.39. The largest absolute Gasteiger partial charge is 0.353 e. The first-order chi connectivity index (χ1) is 9.26. The molecule has 0 radical (unpaired) electrons. The van der Waals surface area contributed by atoms with Crippen molar-refractivity contribution < 1.29 is 4.39 Å². The Labute approximate surface area is 111 Å². The van der Waals surface area contributed by atoms with Crippen molar-refractivity contribution in [2.24, 2.45) is 0 Å². The summed E-state index contributed by atoms with van der Waals surface area (Å²) in [6.07, 6.45) is 1.56. The predicted octanol–water partition coefficient (Wildman–Crippen LogP) is 1.69. The van der Waals surface area contributed by atoms with E-state index in [1.807, 2.05) is 13.1 Å². The minimum absolute atomic E-state index is 0.238. The molecule has 0 bridgehead atoms. The lowest BCUT2D eigenvalue weighted by molar-refractivity contribution is 0.447. The van der Waals surface area contributed by atoms with Gasteiger partial charge in [-0.1, -0.05) is 0 Å². The van der Waals surface area contributed by atoms with E-state index in [-0.39, 0.29) is 5.82 Å². The first-order valence-electron chi connectivity index (χ1n) is 6.26. The van der Waals surface area contributed by atoms with Crippen LogP contribution in [0.15, 0.2) is 36.7 Å². The lowest BCUT2D eigenvalue weighted by Crippen LogP contribution is -2.57. The van der Waals surface area contributed by atoms with Crippen LogP contribution in [0, 0.1) is 5.82 Å². The van der Waals surface area contributed by atoms with Crippen LogP contribution in [0.1, 0.15) is 0 Å². The molecule has 2 aromatic rings. The fraction of sp³-hybridized carbons (Fsp3) is 0.286. The average molecular weight is 258 g/mol. The van der Waals surface area contributed by atoms with Crippen molar-refractivity contribution in [3.8, 4) is 11.3 Å². The van der Waals surface area contributed by atoms with E-state index in [2.05, 4.69) is 20.2 Å². The smallest absolute Gasteiger partial charge is 0.132 e. The van der Waals surface area contributed by atoms with E-state index in [1.165, 1.54) is 12.1 Å². The van der Waals surface area contributed by atoms with Crippen LogP contribution in [0.4, 0.5) is 10.2 Å². The summed E-state index contributed by atoms with van der Waals surface area (Å²) in [4.78, 5) is 10.7. The Morgan fingerprint density at radius 1 is 1.21 bits per heavy atom. The highest BCUT2D eigenvalue weighted by molar-refractivity contribution is 5.62. The van der Waals surface area contributed by atoms with E-state index in [0.29, 0.717) is 6.04 Å². The van der Waals surface area contributed by atoms with Crippen molar-refractivity contribution in [2.45, 2.75) is 6.04 Å². The summed E-state index contributed by atoms with van der Waals surface area (Å²) in [6.45, 7) is 1.91. The summed E-state index contributed by atoms with van der Waals surface area (Å²) >= 11 is 0. The van der Waals surface area contributed by atoms with E-state index in [9.17, 15) is 4.39 Å². The van der Waals surface area contributed by atoms with Gasteiger partial charge in [0.05, 0.1) is 5.69 Å². The molecule has 1 aliphatic heterocycles. The zero-order valence-electron chi connectivity index (χ0n) is 10.7. The Bertz CT molecular complexity index is 564. The number of halogens is 1. The van der Waals surface area contributed by atoms with Gasteiger partial charge in [-0.05, 0) is 31.3 Å². The van der Waals surface area contributed by atoms with Gasteiger partial charge in [-0.3, -0.25) is 0 Å². The van der Waals surface area contributed by atoms with Gasteiger partial charge in [0.15, 0.2) is 0 Å². The van der Waals surface area contributed by atoms with E-state index >= 15 is 0 Å². The van der Waals surface area contributed by atoms with Crippen molar-refractivity contribution in [3.05, 3.63) is 42.5 Å². The van der Waals surface area contributed by atoms with Gasteiger partial charge in [0.1, 0.15) is 18.0 Å². The standard InChI is InChI=1S/C14H15FN4/c1-16-12-7-19(8-12)14-6-13(17-9-18-14)10-2-4-11(15)5-3-10/h2-6,9,12,16H,7-8H2,1H3. The number of likely N-dealkylation sites (N-methyl/N-ethyl adjacent to an activating group) is 1. The summed E-state index contributed by atoms with van der Waals surface area (Å²) in [5.74, 6) is 0.679. The van der Waals surface area contributed by atoms with E-state index in [1.54, 1.807) is 18.5 Å². The Kier molecular flexibility index (Phi) is 3.13. The minimum atomic E-state index is -0.238. The molecule has 2 heterocycles. The van der Waals surface area contributed by atoms with E-state index in [0.717, 1.165) is 30.2 Å². The minimum Gasteiger partial charge on any atom is -0.353 e. The van der Waals surface area contributed by atoms with Gasteiger partial charge in [-0.15, -0.1) is 0 Å². The van der Waals surface area contributed by atoms with Gasteiger partial charge in [0.25, 0.3) is 0 Å². The van der Waals surface area contributed by atoms with Gasteiger partial charge in [0, 0.05) is 30.8 Å². The van der Waals surface area contributed by atoms with Crippen LogP contribution in [0.25, 0.3) is 11.3 Å². The molecule has 1 saturated heterocycles. The summed E-state index contributed by atoms with van der Waals surface area (Å²) in [5.41, 5.74) is 1.72. The second-order valence-corrected chi connectivity index (χ2v) is 4.66. The Hall–Kier alpha value is -2.01. The molecule has 5 heteroatoms. The summed E-state index contributed by atoms with van der Waals surface area (Å²) in [6, 6.07) is 8.82. The van der Waals surface area contributed by atoms with Gasteiger partial charge in [-0.2, -0.15) is 0 Å². The third-order valence-electron chi connectivity index (χ3n) is 3.41. The number of nitrogens with zero attached hydrogens (tertiary/aromatic N) is 3. The van der Waals surface area contributed by atoms with Crippen molar-refractivity contribution in [1.82, 2.24) is 15.3 Å². The molecule has 1 aromatic carbocycles. The maximum absolute atomic E-state index is 12.9. The molecule has 98 valence electrons. The van der Waals surface area contributed by atoms with Gasteiger partial charge >= 0.3 is 0 Å². The number of benzene rings is 1. The van der Waals surface area contributed by atoms with E-state index in [4.69, 9.17) is 0 Å². The molecule has 4 nitrogen and oxygen atoms in total. The number of nitrogens with one attached hydrogen (secondary N) is 1. The third kappa shape index (κ3) is 2.42. The second kappa shape index (κ2) is 4.93. The molecule has 1 aliphatic rings. The maximum atomic E-state index is 12.9. The van der Waals surface area contributed by atoms with Crippen molar-refractivity contribution >= 4 is 5.82 Å². The van der Waals surface area contributed by atoms with Crippen LogP contribution in [-0.2, 0) is 0 Å². The third-order valence-corrected chi connectivity index (χ3v) is 3.41. The SMILES string of the molecule is CNC1CN(c2cc(-c3ccc(F)cc3)ncn2)C1. The Morgan fingerprint density at radius 3 is 2.63 bits per heavy atom. The van der Waals surface area contributed by atoms with Gasteiger partial charge in [-0.25, -0.2) is 14.4 Å². The predicted molar refractivity (Wildman–Crippen MR) is 72.5 cm³/mol. The molecule has 19 heavy (non-hydrogen) atoms. The molecular weight excluding hydrogens is 243 g/mol. The molecule has 0 atom stereocenters. The molecule has 0 spiro atoms. The van der Waals surface area contributed by atoms with Gasteiger partial charge < -0.3 is 10.2 Å². The molecule has 0 saturated carbocycles. The van der Waals surface area contributed by atoms with Crippen LogP contribution >= 0.6 is 0 Å². The fourth-order valence-electron chi connectivity index (χ4n) is 2.15. The van der Waals surface area contributed by atoms with Crippen LogP contribution in [0.3, 0.4) is 0 Å².